The first-order chi connectivity index (χ1) is 5.16. The van der Waals surface area contributed by atoms with Gasteiger partial charge in [0.15, 0.2) is 0 Å². The molecule has 0 fully saturated rings. The summed E-state index contributed by atoms with van der Waals surface area (Å²) in [6.45, 7) is 9.74. The molecule has 0 aliphatic rings. The summed E-state index contributed by atoms with van der Waals surface area (Å²) < 4.78 is 5.54. The van der Waals surface area contributed by atoms with E-state index in [9.17, 15) is 0 Å². The quantitative estimate of drug-likeness (QED) is 0.539. The number of rotatable bonds is 6. The third-order valence-corrected chi connectivity index (χ3v) is 1.90. The van der Waals surface area contributed by atoms with Crippen molar-refractivity contribution in [1.82, 2.24) is 0 Å². The summed E-state index contributed by atoms with van der Waals surface area (Å²) in [6.07, 6.45) is 4.07. The van der Waals surface area contributed by atoms with Crippen molar-refractivity contribution in [3.05, 3.63) is 0 Å². The molecule has 0 aliphatic heterocycles. The molecule has 0 bridgehead atoms. The highest BCUT2D eigenvalue weighted by molar-refractivity contribution is 4.47. The molecule has 0 heterocycles. The molecule has 1 nitrogen and oxygen atoms in total. The van der Waals surface area contributed by atoms with E-state index in [0.29, 0.717) is 6.10 Å². The summed E-state index contributed by atoms with van der Waals surface area (Å²) in [4.78, 5) is 0. The Morgan fingerprint density at radius 3 is 2.27 bits per heavy atom. The average Bonchev–Trinajstić information content (AvgIpc) is 1.97. The Bertz CT molecular complexity index is 78.9. The molecule has 0 aromatic heterocycles. The second-order valence-electron chi connectivity index (χ2n) is 3.63. The first-order valence-corrected chi connectivity index (χ1v) is 4.78. The number of ether oxygens (including phenoxy) is 1. The van der Waals surface area contributed by atoms with Gasteiger partial charge in [0.25, 0.3) is 0 Å². The predicted octanol–water partition coefficient (Wildman–Crippen LogP) is 3.24. The zero-order valence-corrected chi connectivity index (χ0v) is 8.39. The molecule has 0 saturated carbocycles. The lowest BCUT2D eigenvalue weighted by Crippen LogP contribution is -2.07. The largest absolute Gasteiger partial charge is 0.379 e. The van der Waals surface area contributed by atoms with E-state index < -0.39 is 0 Å². The van der Waals surface area contributed by atoms with E-state index in [1.54, 1.807) is 0 Å². The molecule has 0 amide bonds. The minimum Gasteiger partial charge on any atom is -0.379 e. The molecule has 0 aromatic carbocycles. The lowest BCUT2D eigenvalue weighted by Gasteiger charge is -2.10. The highest BCUT2D eigenvalue weighted by atomic mass is 16.5. The molecule has 1 heteroatoms. The fourth-order valence-electron chi connectivity index (χ4n) is 0.894. The highest BCUT2D eigenvalue weighted by Gasteiger charge is 1.98. The van der Waals surface area contributed by atoms with Crippen LogP contribution >= 0.6 is 0 Å². The third-order valence-electron chi connectivity index (χ3n) is 1.90. The van der Waals surface area contributed by atoms with Crippen molar-refractivity contribution in [2.24, 2.45) is 5.92 Å². The van der Waals surface area contributed by atoms with Gasteiger partial charge in [0.1, 0.15) is 0 Å². The molecular formula is C10H22O. The average molecular weight is 158 g/mol. The lowest BCUT2D eigenvalue weighted by molar-refractivity contribution is 0.0596. The Kier molecular flexibility index (Phi) is 6.63. The Hall–Kier alpha value is -0.0400. The van der Waals surface area contributed by atoms with Gasteiger partial charge >= 0.3 is 0 Å². The van der Waals surface area contributed by atoms with E-state index >= 15 is 0 Å². The Balaban J connectivity index is 3.01. The third kappa shape index (κ3) is 7.86. The maximum absolute atomic E-state index is 5.54. The normalized spacial score (nSPS) is 13.9. The predicted molar refractivity (Wildman–Crippen MR) is 49.8 cm³/mol. The molecule has 11 heavy (non-hydrogen) atoms. The van der Waals surface area contributed by atoms with Crippen LogP contribution in [0, 0.1) is 5.92 Å². The maximum atomic E-state index is 5.54. The van der Waals surface area contributed by atoms with Crippen LogP contribution in [0.1, 0.15) is 47.0 Å². The van der Waals surface area contributed by atoms with E-state index in [-0.39, 0.29) is 0 Å². The van der Waals surface area contributed by atoms with E-state index in [1.165, 1.54) is 12.8 Å². The lowest BCUT2D eigenvalue weighted by atomic mass is 10.1. The fourth-order valence-corrected chi connectivity index (χ4v) is 0.894. The molecule has 1 atom stereocenters. The second-order valence-corrected chi connectivity index (χ2v) is 3.63. The molecule has 0 N–H and O–H groups in total. The van der Waals surface area contributed by atoms with Gasteiger partial charge in [0.05, 0.1) is 6.10 Å². The minimum atomic E-state index is 0.446. The highest BCUT2D eigenvalue weighted by Crippen LogP contribution is 2.05. The van der Waals surface area contributed by atoms with E-state index in [1.807, 2.05) is 0 Å². The van der Waals surface area contributed by atoms with Crippen molar-refractivity contribution in [1.29, 1.82) is 0 Å². The molecular weight excluding hydrogens is 136 g/mol. The van der Waals surface area contributed by atoms with Crippen molar-refractivity contribution in [3.63, 3.8) is 0 Å². The minimum absolute atomic E-state index is 0.446. The first-order valence-electron chi connectivity index (χ1n) is 4.78. The topological polar surface area (TPSA) is 9.23 Å². The van der Waals surface area contributed by atoms with E-state index in [2.05, 4.69) is 27.7 Å². The van der Waals surface area contributed by atoms with Crippen molar-refractivity contribution in [2.75, 3.05) is 6.61 Å². The monoisotopic (exact) mass is 158 g/mol. The van der Waals surface area contributed by atoms with Gasteiger partial charge in [0.2, 0.25) is 0 Å². The van der Waals surface area contributed by atoms with Gasteiger partial charge in [-0.3, -0.25) is 0 Å². The molecule has 0 aromatic rings. The summed E-state index contributed by atoms with van der Waals surface area (Å²) >= 11 is 0. The van der Waals surface area contributed by atoms with Gasteiger partial charge in [-0.1, -0.05) is 20.8 Å². The molecule has 68 valence electrons. The van der Waals surface area contributed by atoms with Crippen LogP contribution in [-0.2, 0) is 4.74 Å². The molecule has 0 aliphatic carbocycles. The van der Waals surface area contributed by atoms with Gasteiger partial charge in [-0.15, -0.1) is 0 Å². The summed E-state index contributed by atoms with van der Waals surface area (Å²) in [7, 11) is 0. The SMILES string of the molecule is CCC(C)OCCCC(C)C. The second kappa shape index (κ2) is 6.66. The Labute approximate surface area is 71.1 Å². The first kappa shape index (κ1) is 11.0. The summed E-state index contributed by atoms with van der Waals surface area (Å²) in [6, 6.07) is 0. The number of hydrogen-bond donors (Lipinski definition) is 0. The van der Waals surface area contributed by atoms with Crippen LogP contribution in [0.3, 0.4) is 0 Å². The molecule has 0 spiro atoms. The Morgan fingerprint density at radius 2 is 1.82 bits per heavy atom. The van der Waals surface area contributed by atoms with Gasteiger partial charge in [-0.2, -0.15) is 0 Å². The van der Waals surface area contributed by atoms with Crippen LogP contribution in [0.4, 0.5) is 0 Å². The van der Waals surface area contributed by atoms with Crippen LogP contribution < -0.4 is 0 Å². The summed E-state index contributed by atoms with van der Waals surface area (Å²) in [5, 5.41) is 0. The van der Waals surface area contributed by atoms with Crippen LogP contribution in [0.2, 0.25) is 0 Å². The standard InChI is InChI=1S/C10H22O/c1-5-10(4)11-8-6-7-9(2)3/h9-10H,5-8H2,1-4H3. The van der Waals surface area contributed by atoms with Gasteiger partial charge in [-0.25, -0.2) is 0 Å². The fraction of sp³-hybridized carbons (Fsp3) is 1.00. The molecule has 0 rings (SSSR count). The Morgan fingerprint density at radius 1 is 1.18 bits per heavy atom. The van der Waals surface area contributed by atoms with Gasteiger partial charge in [0, 0.05) is 6.61 Å². The summed E-state index contributed by atoms with van der Waals surface area (Å²) in [5.74, 6) is 0.815. The van der Waals surface area contributed by atoms with E-state index in [0.717, 1.165) is 18.9 Å². The zero-order chi connectivity index (χ0) is 8.69. The van der Waals surface area contributed by atoms with Crippen molar-refractivity contribution < 1.29 is 4.74 Å². The zero-order valence-electron chi connectivity index (χ0n) is 8.39. The van der Waals surface area contributed by atoms with Crippen LogP contribution in [0.15, 0.2) is 0 Å². The van der Waals surface area contributed by atoms with Crippen LogP contribution in [-0.4, -0.2) is 12.7 Å². The molecule has 1 unspecified atom stereocenters. The van der Waals surface area contributed by atoms with Gasteiger partial charge < -0.3 is 4.74 Å². The van der Waals surface area contributed by atoms with Gasteiger partial charge in [-0.05, 0) is 32.1 Å². The van der Waals surface area contributed by atoms with Crippen molar-refractivity contribution >= 4 is 0 Å². The molecule has 0 saturated heterocycles. The maximum Gasteiger partial charge on any atom is 0.0544 e. The van der Waals surface area contributed by atoms with Crippen molar-refractivity contribution in [3.8, 4) is 0 Å². The van der Waals surface area contributed by atoms with Crippen LogP contribution in [0.25, 0.3) is 0 Å². The van der Waals surface area contributed by atoms with E-state index in [4.69, 9.17) is 4.74 Å². The summed E-state index contributed by atoms with van der Waals surface area (Å²) in [5.41, 5.74) is 0. The van der Waals surface area contributed by atoms with Crippen molar-refractivity contribution in [2.45, 2.75) is 53.1 Å². The molecule has 0 radical (unpaired) electrons. The van der Waals surface area contributed by atoms with Crippen LogP contribution in [0.5, 0.6) is 0 Å². The number of hydrogen-bond acceptors (Lipinski definition) is 1. The smallest absolute Gasteiger partial charge is 0.0544 e.